The summed E-state index contributed by atoms with van der Waals surface area (Å²) in [5.74, 6) is -0.218. The molecule has 1 aliphatic heterocycles. The van der Waals surface area contributed by atoms with Gasteiger partial charge < -0.3 is 20.3 Å². The third-order valence-electron chi connectivity index (χ3n) is 5.05. The zero-order valence-corrected chi connectivity index (χ0v) is 16.9. The van der Waals surface area contributed by atoms with Gasteiger partial charge >= 0.3 is 12.2 Å². The number of carbonyl (C=O) groups excluding carboxylic acids is 1. The summed E-state index contributed by atoms with van der Waals surface area (Å²) in [5.41, 5.74) is 1.57. The Kier molecular flexibility index (Phi) is 7.73. The van der Waals surface area contributed by atoms with Gasteiger partial charge in [0.05, 0.1) is 0 Å². The zero-order chi connectivity index (χ0) is 22.3. The Bertz CT molecular complexity index is 835. The topological polar surface area (TPSA) is 53.6 Å². The first-order chi connectivity index (χ1) is 14.8. The Labute approximate surface area is 178 Å². The molecule has 31 heavy (non-hydrogen) atoms. The van der Waals surface area contributed by atoms with Crippen molar-refractivity contribution in [3.8, 4) is 5.75 Å². The van der Waals surface area contributed by atoms with Crippen LogP contribution in [0.25, 0.3) is 0 Å². The van der Waals surface area contributed by atoms with E-state index in [9.17, 15) is 22.4 Å². The van der Waals surface area contributed by atoms with Crippen molar-refractivity contribution in [3.05, 3.63) is 65.5 Å². The normalized spacial score (nSPS) is 14.8. The molecule has 1 heterocycles. The van der Waals surface area contributed by atoms with E-state index >= 15 is 0 Å². The van der Waals surface area contributed by atoms with Crippen molar-refractivity contribution in [2.24, 2.45) is 0 Å². The minimum atomic E-state index is -4.39. The van der Waals surface area contributed by atoms with E-state index in [1.54, 1.807) is 29.2 Å². The molecule has 3 rings (SSSR count). The van der Waals surface area contributed by atoms with Crippen LogP contribution in [0.3, 0.4) is 0 Å². The van der Waals surface area contributed by atoms with Crippen molar-refractivity contribution in [3.63, 3.8) is 0 Å². The van der Waals surface area contributed by atoms with Gasteiger partial charge in [-0.25, -0.2) is 9.18 Å². The van der Waals surface area contributed by atoms with Gasteiger partial charge in [0.25, 0.3) is 0 Å². The molecule has 5 nitrogen and oxygen atoms in total. The fourth-order valence-corrected chi connectivity index (χ4v) is 3.42. The number of rotatable bonds is 7. The molecule has 2 amide bonds. The maximum atomic E-state index is 13.2. The fourth-order valence-electron chi connectivity index (χ4n) is 3.42. The lowest BCUT2D eigenvalue weighted by atomic mass is 10.0. The first kappa shape index (κ1) is 22.9. The van der Waals surface area contributed by atoms with Crippen molar-refractivity contribution in [2.45, 2.75) is 38.1 Å². The molecule has 2 N–H and O–H groups in total. The number of nitrogens with zero attached hydrogens (tertiary/aromatic N) is 1. The van der Waals surface area contributed by atoms with E-state index in [1.807, 2.05) is 0 Å². The molecule has 1 fully saturated rings. The van der Waals surface area contributed by atoms with E-state index in [2.05, 4.69) is 10.6 Å². The molecule has 2 aromatic carbocycles. The molecule has 0 bridgehead atoms. The molecule has 9 heteroatoms. The van der Waals surface area contributed by atoms with E-state index in [0.717, 1.165) is 37.1 Å². The van der Waals surface area contributed by atoms with Gasteiger partial charge in [0.15, 0.2) is 6.61 Å². The highest BCUT2D eigenvalue weighted by molar-refractivity contribution is 5.74. The number of urea groups is 1. The van der Waals surface area contributed by atoms with Crippen molar-refractivity contribution in [2.75, 3.05) is 19.7 Å². The van der Waals surface area contributed by atoms with Crippen LogP contribution in [0.5, 0.6) is 5.75 Å². The molecule has 1 aliphatic rings. The molecule has 0 unspecified atom stereocenters. The van der Waals surface area contributed by atoms with Gasteiger partial charge in [-0.1, -0.05) is 24.3 Å². The number of hydrogen-bond donors (Lipinski definition) is 2. The molecule has 0 aliphatic carbocycles. The number of ether oxygens (including phenoxy) is 1. The van der Waals surface area contributed by atoms with Crippen LogP contribution in [-0.4, -0.2) is 42.8 Å². The molecule has 0 aromatic heterocycles. The molecule has 0 saturated carbocycles. The Morgan fingerprint density at radius 3 is 2.26 bits per heavy atom. The van der Waals surface area contributed by atoms with Crippen molar-refractivity contribution in [1.29, 1.82) is 0 Å². The SMILES string of the molecule is O=C(NCc1ccc(OCC(F)(F)F)cc1)N(Cc1ccc(F)cc1)C1CCNCC1. The lowest BCUT2D eigenvalue weighted by Gasteiger charge is -2.35. The summed E-state index contributed by atoms with van der Waals surface area (Å²) < 4.78 is 54.6. The van der Waals surface area contributed by atoms with Crippen molar-refractivity contribution < 1.29 is 27.1 Å². The van der Waals surface area contributed by atoms with E-state index in [1.165, 1.54) is 24.3 Å². The summed E-state index contributed by atoms with van der Waals surface area (Å²) in [7, 11) is 0. The monoisotopic (exact) mass is 439 g/mol. The predicted molar refractivity (Wildman–Crippen MR) is 108 cm³/mol. The highest BCUT2D eigenvalue weighted by Crippen LogP contribution is 2.20. The summed E-state index contributed by atoms with van der Waals surface area (Å²) in [4.78, 5) is 14.7. The Hall–Kier alpha value is -2.81. The van der Waals surface area contributed by atoms with Gasteiger partial charge in [-0.05, 0) is 61.3 Å². The van der Waals surface area contributed by atoms with Crippen LogP contribution < -0.4 is 15.4 Å². The second-order valence-corrected chi connectivity index (χ2v) is 7.44. The highest BCUT2D eigenvalue weighted by atomic mass is 19.4. The lowest BCUT2D eigenvalue weighted by Crippen LogP contribution is -2.49. The molecule has 0 atom stereocenters. The van der Waals surface area contributed by atoms with Crippen molar-refractivity contribution >= 4 is 6.03 Å². The summed E-state index contributed by atoms with van der Waals surface area (Å²) in [6, 6.07) is 12.0. The summed E-state index contributed by atoms with van der Waals surface area (Å²) in [6.45, 7) is 0.871. The Morgan fingerprint density at radius 1 is 1.03 bits per heavy atom. The van der Waals surface area contributed by atoms with Gasteiger partial charge in [0.1, 0.15) is 11.6 Å². The molecule has 0 spiro atoms. The van der Waals surface area contributed by atoms with Gasteiger partial charge in [-0.15, -0.1) is 0 Å². The Morgan fingerprint density at radius 2 is 1.65 bits per heavy atom. The first-order valence-corrected chi connectivity index (χ1v) is 10.1. The average molecular weight is 439 g/mol. The minimum Gasteiger partial charge on any atom is -0.484 e. The molecular formula is C22H25F4N3O2. The smallest absolute Gasteiger partial charge is 0.422 e. The van der Waals surface area contributed by atoms with E-state index in [4.69, 9.17) is 4.74 Å². The maximum absolute atomic E-state index is 13.2. The van der Waals surface area contributed by atoms with Gasteiger partial charge in [0, 0.05) is 19.1 Å². The molecule has 0 radical (unpaired) electrons. The summed E-state index contributed by atoms with van der Waals surface area (Å²) in [5, 5.41) is 6.15. The Balaban J connectivity index is 1.59. The predicted octanol–water partition coefficient (Wildman–Crippen LogP) is 4.23. The van der Waals surface area contributed by atoms with Gasteiger partial charge in [0.2, 0.25) is 0 Å². The second-order valence-electron chi connectivity index (χ2n) is 7.44. The summed E-state index contributed by atoms with van der Waals surface area (Å²) >= 11 is 0. The number of amides is 2. The van der Waals surface area contributed by atoms with Gasteiger partial charge in [-0.3, -0.25) is 0 Å². The summed E-state index contributed by atoms with van der Waals surface area (Å²) in [6.07, 6.45) is -2.75. The van der Waals surface area contributed by atoms with E-state index in [-0.39, 0.29) is 30.2 Å². The highest BCUT2D eigenvalue weighted by Gasteiger charge is 2.28. The van der Waals surface area contributed by atoms with Gasteiger partial charge in [-0.2, -0.15) is 13.2 Å². The molecule has 1 saturated heterocycles. The lowest BCUT2D eigenvalue weighted by molar-refractivity contribution is -0.153. The van der Waals surface area contributed by atoms with Crippen LogP contribution in [0.1, 0.15) is 24.0 Å². The third kappa shape index (κ3) is 7.43. The van der Waals surface area contributed by atoms with Crippen LogP contribution >= 0.6 is 0 Å². The number of carbonyl (C=O) groups is 1. The zero-order valence-electron chi connectivity index (χ0n) is 16.9. The number of hydrogen-bond acceptors (Lipinski definition) is 3. The van der Waals surface area contributed by atoms with E-state index in [0.29, 0.717) is 6.54 Å². The molecule has 168 valence electrons. The fraction of sp³-hybridized carbons (Fsp3) is 0.409. The number of benzene rings is 2. The quantitative estimate of drug-likeness (QED) is 0.635. The first-order valence-electron chi connectivity index (χ1n) is 10.1. The second kappa shape index (κ2) is 10.5. The van der Waals surface area contributed by atoms with Crippen LogP contribution in [0.4, 0.5) is 22.4 Å². The van der Waals surface area contributed by atoms with Crippen LogP contribution in [0.15, 0.2) is 48.5 Å². The van der Waals surface area contributed by atoms with Crippen LogP contribution in [0, 0.1) is 5.82 Å². The maximum Gasteiger partial charge on any atom is 0.422 e. The van der Waals surface area contributed by atoms with Crippen LogP contribution in [0.2, 0.25) is 0 Å². The number of piperidine rings is 1. The number of alkyl halides is 3. The number of halogens is 4. The number of nitrogens with one attached hydrogen (secondary N) is 2. The van der Waals surface area contributed by atoms with Crippen LogP contribution in [-0.2, 0) is 13.1 Å². The third-order valence-corrected chi connectivity index (χ3v) is 5.05. The standard InChI is InChI=1S/C22H25F4N3O2/c23-18-5-1-17(2-6-18)14-29(19-9-11-27-12-10-19)21(30)28-13-16-3-7-20(8-4-16)31-15-22(24,25)26/h1-8,19,27H,9-15H2,(H,28,30). The van der Waals surface area contributed by atoms with E-state index < -0.39 is 12.8 Å². The average Bonchev–Trinajstić information content (AvgIpc) is 2.76. The molecule has 2 aromatic rings. The largest absolute Gasteiger partial charge is 0.484 e. The minimum absolute atomic E-state index is 0.0597. The molecular weight excluding hydrogens is 414 g/mol. The van der Waals surface area contributed by atoms with Crippen molar-refractivity contribution in [1.82, 2.24) is 15.5 Å².